The van der Waals surface area contributed by atoms with Crippen LogP contribution in [0.25, 0.3) is 4.96 Å². The minimum atomic E-state index is -0.0710. The fourth-order valence-electron chi connectivity index (χ4n) is 2.15. The summed E-state index contributed by atoms with van der Waals surface area (Å²) in [6, 6.07) is 1.69. The van der Waals surface area contributed by atoms with Crippen LogP contribution in [0.4, 0.5) is 0 Å². The zero-order valence-corrected chi connectivity index (χ0v) is 13.4. The number of amides is 1. The van der Waals surface area contributed by atoms with Crippen LogP contribution in [0.1, 0.15) is 26.5 Å². The Hall–Kier alpha value is -1.73. The monoisotopic (exact) mass is 309 g/mol. The first kappa shape index (κ1) is 15.7. The second-order valence-corrected chi connectivity index (χ2v) is 6.19. The van der Waals surface area contributed by atoms with Crippen LogP contribution in [-0.2, 0) is 11.3 Å². The molecule has 0 saturated carbocycles. The van der Waals surface area contributed by atoms with E-state index < -0.39 is 0 Å². The van der Waals surface area contributed by atoms with Gasteiger partial charge < -0.3 is 10.2 Å². The number of thiazole rings is 1. The molecule has 2 aromatic heterocycles. The van der Waals surface area contributed by atoms with Gasteiger partial charge in [-0.1, -0.05) is 0 Å². The van der Waals surface area contributed by atoms with E-state index in [2.05, 4.69) is 10.3 Å². The average molecular weight is 309 g/mol. The number of hydrogen-bond donors (Lipinski definition) is 2. The fourth-order valence-corrected chi connectivity index (χ4v) is 2.89. The molecule has 1 atom stereocenters. The summed E-state index contributed by atoms with van der Waals surface area (Å²) in [4.78, 5) is 30.0. The number of likely N-dealkylation sites (N-methyl/N-ethyl adjacent to an activating group) is 1. The molecular weight excluding hydrogens is 288 g/mol. The Morgan fingerprint density at radius 2 is 2.29 bits per heavy atom. The number of quaternary nitrogens is 1. The summed E-state index contributed by atoms with van der Waals surface area (Å²) in [5.74, 6) is 0.0239. The van der Waals surface area contributed by atoms with Crippen LogP contribution in [0.3, 0.4) is 0 Å². The van der Waals surface area contributed by atoms with Crippen molar-refractivity contribution in [1.29, 1.82) is 0 Å². The van der Waals surface area contributed by atoms with Gasteiger partial charge in [0.2, 0.25) is 0 Å². The highest BCUT2D eigenvalue weighted by atomic mass is 32.1. The van der Waals surface area contributed by atoms with Gasteiger partial charge in [-0.3, -0.25) is 14.0 Å². The smallest absolute Gasteiger partial charge is 0.275 e. The van der Waals surface area contributed by atoms with Crippen molar-refractivity contribution in [2.45, 2.75) is 33.4 Å². The summed E-state index contributed by atoms with van der Waals surface area (Å²) < 4.78 is 1.53. The summed E-state index contributed by atoms with van der Waals surface area (Å²) in [6.07, 6.45) is 1.72. The number of carbonyl (C=O) groups excluding carboxylic acids is 1. The van der Waals surface area contributed by atoms with E-state index in [9.17, 15) is 9.59 Å². The second-order valence-electron chi connectivity index (χ2n) is 5.32. The molecule has 114 valence electrons. The molecule has 0 aliphatic rings. The van der Waals surface area contributed by atoms with Crippen molar-refractivity contribution in [1.82, 2.24) is 14.7 Å². The predicted octanol–water partition coefficient (Wildman–Crippen LogP) is -0.315. The van der Waals surface area contributed by atoms with Crippen molar-refractivity contribution in [2.24, 2.45) is 0 Å². The summed E-state index contributed by atoms with van der Waals surface area (Å²) in [7, 11) is 0. The lowest BCUT2D eigenvalue weighted by molar-refractivity contribution is -0.904. The number of aromatic nitrogens is 2. The lowest BCUT2D eigenvalue weighted by Gasteiger charge is -2.17. The van der Waals surface area contributed by atoms with Gasteiger partial charge in [-0.25, -0.2) is 4.98 Å². The van der Waals surface area contributed by atoms with E-state index >= 15 is 0 Å². The molecule has 0 aliphatic carbocycles. The number of fused-ring (bicyclic) bond motifs is 1. The molecule has 0 aromatic carbocycles. The minimum Gasteiger partial charge on any atom is -0.349 e. The average Bonchev–Trinajstić information content (AvgIpc) is 2.85. The fraction of sp³-hybridized carbons (Fsp3) is 0.500. The largest absolute Gasteiger partial charge is 0.349 e. The van der Waals surface area contributed by atoms with E-state index in [0.717, 1.165) is 17.1 Å². The van der Waals surface area contributed by atoms with Gasteiger partial charge in [0.05, 0.1) is 6.54 Å². The van der Waals surface area contributed by atoms with E-state index in [1.807, 2.05) is 26.2 Å². The first-order chi connectivity index (χ1) is 9.99. The highest BCUT2D eigenvalue weighted by molar-refractivity contribution is 7.15. The molecule has 2 N–H and O–H groups in total. The third-order valence-electron chi connectivity index (χ3n) is 3.15. The van der Waals surface area contributed by atoms with Crippen LogP contribution in [-0.4, -0.2) is 34.4 Å². The quantitative estimate of drug-likeness (QED) is 0.769. The maximum absolute atomic E-state index is 11.9. The molecule has 21 heavy (non-hydrogen) atoms. The van der Waals surface area contributed by atoms with Gasteiger partial charge in [0.1, 0.15) is 12.2 Å². The van der Waals surface area contributed by atoms with Gasteiger partial charge in [-0.05, 0) is 20.8 Å². The molecule has 0 spiro atoms. The molecule has 2 heterocycles. The Labute approximate surface area is 127 Å². The molecular formula is C14H21N4O2S+. The first-order valence-corrected chi connectivity index (χ1v) is 7.96. The normalized spacial score (nSPS) is 12.8. The van der Waals surface area contributed by atoms with Crippen LogP contribution in [0.15, 0.2) is 22.4 Å². The van der Waals surface area contributed by atoms with Crippen LogP contribution in [0.2, 0.25) is 0 Å². The van der Waals surface area contributed by atoms with Crippen molar-refractivity contribution >= 4 is 22.2 Å². The highest BCUT2D eigenvalue weighted by Crippen LogP contribution is 2.05. The van der Waals surface area contributed by atoms with Crippen LogP contribution < -0.4 is 15.8 Å². The predicted molar refractivity (Wildman–Crippen MR) is 82.7 cm³/mol. The Bertz CT molecular complexity index is 677. The van der Waals surface area contributed by atoms with E-state index in [-0.39, 0.29) is 17.5 Å². The Kier molecular flexibility index (Phi) is 5.08. The SMILES string of the molecule is CC[NH+](CC(=O)NC(C)C)Cc1cc(=O)n2ccsc2n1. The van der Waals surface area contributed by atoms with Gasteiger partial charge in [-0.15, -0.1) is 11.3 Å². The molecule has 0 bridgehead atoms. The molecule has 2 aromatic rings. The lowest BCUT2D eigenvalue weighted by Crippen LogP contribution is -3.11. The van der Waals surface area contributed by atoms with Crippen molar-refractivity contribution < 1.29 is 9.69 Å². The molecule has 1 amide bonds. The Morgan fingerprint density at radius 1 is 1.52 bits per heavy atom. The van der Waals surface area contributed by atoms with E-state index in [1.54, 1.807) is 12.3 Å². The van der Waals surface area contributed by atoms with Gasteiger partial charge in [-0.2, -0.15) is 0 Å². The maximum Gasteiger partial charge on any atom is 0.275 e. The molecule has 7 heteroatoms. The summed E-state index contributed by atoms with van der Waals surface area (Å²) in [6.45, 7) is 7.67. The highest BCUT2D eigenvalue weighted by Gasteiger charge is 2.15. The molecule has 0 radical (unpaired) electrons. The summed E-state index contributed by atoms with van der Waals surface area (Å²) in [5.41, 5.74) is 0.662. The zero-order valence-electron chi connectivity index (χ0n) is 12.5. The third-order valence-corrected chi connectivity index (χ3v) is 3.90. The standard InChI is InChI=1S/C14H20N4O2S/c1-4-17(9-12(19)15-10(2)3)8-11-7-13(20)18-5-6-21-14(18)16-11/h5-7,10H,4,8-9H2,1-3H3,(H,15,19)/p+1. The number of nitrogens with zero attached hydrogens (tertiary/aromatic N) is 2. The van der Waals surface area contributed by atoms with Gasteiger partial charge in [0, 0.05) is 23.7 Å². The number of nitrogens with one attached hydrogen (secondary N) is 2. The van der Waals surface area contributed by atoms with E-state index in [4.69, 9.17) is 0 Å². The number of carbonyl (C=O) groups is 1. The molecule has 6 nitrogen and oxygen atoms in total. The molecule has 0 aliphatic heterocycles. The Balaban J connectivity index is 2.09. The van der Waals surface area contributed by atoms with Crippen molar-refractivity contribution in [3.8, 4) is 0 Å². The third kappa shape index (κ3) is 4.12. The topological polar surface area (TPSA) is 67.9 Å². The van der Waals surface area contributed by atoms with E-state index in [1.165, 1.54) is 15.7 Å². The molecule has 0 saturated heterocycles. The Morgan fingerprint density at radius 3 is 2.95 bits per heavy atom. The van der Waals surface area contributed by atoms with Crippen molar-refractivity contribution in [3.63, 3.8) is 0 Å². The van der Waals surface area contributed by atoms with Crippen LogP contribution in [0, 0.1) is 0 Å². The molecule has 1 unspecified atom stereocenters. The minimum absolute atomic E-state index is 0.0239. The summed E-state index contributed by atoms with van der Waals surface area (Å²) >= 11 is 1.44. The van der Waals surface area contributed by atoms with Gasteiger partial charge in [0.25, 0.3) is 11.5 Å². The summed E-state index contributed by atoms with van der Waals surface area (Å²) in [5, 5.41) is 4.73. The number of hydrogen-bond acceptors (Lipinski definition) is 4. The second kappa shape index (κ2) is 6.82. The molecule has 2 rings (SSSR count). The van der Waals surface area contributed by atoms with Gasteiger partial charge in [0.15, 0.2) is 11.5 Å². The van der Waals surface area contributed by atoms with E-state index in [0.29, 0.717) is 18.1 Å². The number of rotatable bonds is 6. The van der Waals surface area contributed by atoms with Crippen LogP contribution >= 0.6 is 11.3 Å². The zero-order chi connectivity index (χ0) is 15.4. The maximum atomic E-state index is 11.9. The van der Waals surface area contributed by atoms with Crippen molar-refractivity contribution in [3.05, 3.63) is 33.7 Å². The van der Waals surface area contributed by atoms with Gasteiger partial charge >= 0.3 is 0 Å². The van der Waals surface area contributed by atoms with Crippen LogP contribution in [0.5, 0.6) is 0 Å². The lowest BCUT2D eigenvalue weighted by atomic mass is 10.3. The molecule has 0 fully saturated rings. The first-order valence-electron chi connectivity index (χ1n) is 7.08. The van der Waals surface area contributed by atoms with Crippen molar-refractivity contribution in [2.75, 3.05) is 13.1 Å².